The first-order valence-corrected chi connectivity index (χ1v) is 9.38. The highest BCUT2D eigenvalue weighted by Gasteiger charge is 2.33. The highest BCUT2D eigenvalue weighted by molar-refractivity contribution is 7.89. The average molecular weight is 360 g/mol. The standard InChI is InChI=1S/C18H20N2O4S/c1-12-8-9-17(13(2)10-12)25(22,23)19-11-16-18(21)20(3)14-6-4-5-7-15(14)24-16/h4-10,16,19H,11H2,1-3H3. The Balaban J connectivity index is 1.78. The fourth-order valence-electron chi connectivity index (χ4n) is 2.87. The number of nitrogens with one attached hydrogen (secondary N) is 1. The molecular formula is C18H20N2O4S. The van der Waals surface area contributed by atoms with Crippen LogP contribution in [0.15, 0.2) is 47.4 Å². The number of hydrogen-bond donors (Lipinski definition) is 1. The second-order valence-corrected chi connectivity index (χ2v) is 7.83. The maximum absolute atomic E-state index is 12.5. The highest BCUT2D eigenvalue weighted by atomic mass is 32.2. The molecule has 0 aliphatic carbocycles. The minimum absolute atomic E-state index is 0.132. The lowest BCUT2D eigenvalue weighted by Crippen LogP contribution is -2.49. The molecule has 2 aromatic rings. The third-order valence-electron chi connectivity index (χ3n) is 4.18. The topological polar surface area (TPSA) is 75.7 Å². The zero-order valence-electron chi connectivity index (χ0n) is 14.3. The molecule has 0 bridgehead atoms. The number of amides is 1. The normalized spacial score (nSPS) is 17.2. The predicted octanol–water partition coefficient (Wildman–Crippen LogP) is 2.01. The van der Waals surface area contributed by atoms with Crippen molar-refractivity contribution in [3.8, 4) is 5.75 Å². The Labute approximate surface area is 147 Å². The van der Waals surface area contributed by atoms with Crippen LogP contribution in [0.1, 0.15) is 11.1 Å². The van der Waals surface area contributed by atoms with E-state index in [0.717, 1.165) is 5.56 Å². The smallest absolute Gasteiger partial charge is 0.269 e. The van der Waals surface area contributed by atoms with Gasteiger partial charge in [0.1, 0.15) is 5.75 Å². The van der Waals surface area contributed by atoms with Gasteiger partial charge in [0.05, 0.1) is 17.1 Å². The molecular weight excluding hydrogens is 340 g/mol. The van der Waals surface area contributed by atoms with Gasteiger partial charge in [0.15, 0.2) is 6.10 Å². The summed E-state index contributed by atoms with van der Waals surface area (Å²) in [6.07, 6.45) is -0.902. The molecule has 1 aliphatic heterocycles. The molecule has 6 nitrogen and oxygen atoms in total. The number of benzene rings is 2. The summed E-state index contributed by atoms with van der Waals surface area (Å²) in [6.45, 7) is 3.51. The number of carbonyl (C=O) groups is 1. The summed E-state index contributed by atoms with van der Waals surface area (Å²) >= 11 is 0. The number of likely N-dealkylation sites (N-methyl/N-ethyl adjacent to an activating group) is 1. The summed E-state index contributed by atoms with van der Waals surface area (Å²) in [7, 11) is -2.08. The maximum atomic E-state index is 12.5. The fourth-order valence-corrected chi connectivity index (χ4v) is 4.12. The van der Waals surface area contributed by atoms with E-state index in [0.29, 0.717) is 17.0 Å². The van der Waals surface area contributed by atoms with Crippen LogP contribution in [0.2, 0.25) is 0 Å². The number of hydrogen-bond acceptors (Lipinski definition) is 4. The minimum atomic E-state index is -3.73. The average Bonchev–Trinajstić information content (AvgIpc) is 2.56. The zero-order valence-corrected chi connectivity index (χ0v) is 15.1. The van der Waals surface area contributed by atoms with Gasteiger partial charge in [-0.25, -0.2) is 13.1 Å². The number of ether oxygens (including phenoxy) is 1. The van der Waals surface area contributed by atoms with Crippen molar-refractivity contribution in [3.63, 3.8) is 0 Å². The summed E-state index contributed by atoms with van der Waals surface area (Å²) in [4.78, 5) is 14.1. The summed E-state index contributed by atoms with van der Waals surface area (Å²) in [5.74, 6) is 0.266. The first-order chi connectivity index (χ1) is 11.8. The Morgan fingerprint density at radius 3 is 2.60 bits per heavy atom. The molecule has 1 aliphatic rings. The van der Waals surface area contributed by atoms with Gasteiger partial charge >= 0.3 is 0 Å². The van der Waals surface area contributed by atoms with Crippen molar-refractivity contribution in [2.45, 2.75) is 24.8 Å². The predicted molar refractivity (Wildman–Crippen MR) is 95.4 cm³/mol. The quantitative estimate of drug-likeness (QED) is 0.905. The van der Waals surface area contributed by atoms with Crippen LogP contribution in [0.4, 0.5) is 5.69 Å². The van der Waals surface area contributed by atoms with Crippen molar-refractivity contribution >= 4 is 21.6 Å². The molecule has 25 heavy (non-hydrogen) atoms. The van der Waals surface area contributed by atoms with Gasteiger partial charge in [-0.05, 0) is 37.6 Å². The second-order valence-electron chi connectivity index (χ2n) is 6.09. The van der Waals surface area contributed by atoms with Crippen LogP contribution in [0, 0.1) is 13.8 Å². The molecule has 1 heterocycles. The maximum Gasteiger partial charge on any atom is 0.269 e. The minimum Gasteiger partial charge on any atom is -0.477 e. The van der Waals surface area contributed by atoms with E-state index < -0.39 is 16.1 Å². The Morgan fingerprint density at radius 2 is 1.88 bits per heavy atom. The summed E-state index contributed by atoms with van der Waals surface area (Å²) in [6, 6.07) is 12.3. The fraction of sp³-hybridized carbons (Fsp3) is 0.278. The number of fused-ring (bicyclic) bond motifs is 1. The van der Waals surface area contributed by atoms with Gasteiger partial charge in [0, 0.05) is 7.05 Å². The molecule has 0 spiro atoms. The van der Waals surface area contributed by atoms with Crippen molar-refractivity contribution < 1.29 is 17.9 Å². The van der Waals surface area contributed by atoms with Crippen molar-refractivity contribution in [3.05, 3.63) is 53.6 Å². The molecule has 1 unspecified atom stereocenters. The van der Waals surface area contributed by atoms with Crippen LogP contribution in [0.25, 0.3) is 0 Å². The van der Waals surface area contributed by atoms with Crippen LogP contribution in [0.3, 0.4) is 0 Å². The molecule has 0 radical (unpaired) electrons. The van der Waals surface area contributed by atoms with Gasteiger partial charge < -0.3 is 9.64 Å². The number of rotatable bonds is 4. The first-order valence-electron chi connectivity index (χ1n) is 7.90. The molecule has 0 saturated carbocycles. The van der Waals surface area contributed by atoms with Crippen molar-refractivity contribution in [2.24, 2.45) is 0 Å². The Hall–Kier alpha value is -2.38. The molecule has 0 aromatic heterocycles. The van der Waals surface area contributed by atoms with Gasteiger partial charge in [0.25, 0.3) is 5.91 Å². The highest BCUT2D eigenvalue weighted by Crippen LogP contribution is 2.32. The van der Waals surface area contributed by atoms with Crippen LogP contribution in [-0.4, -0.2) is 34.0 Å². The largest absolute Gasteiger partial charge is 0.477 e. The molecule has 1 amide bonds. The van der Waals surface area contributed by atoms with Gasteiger partial charge in [-0.15, -0.1) is 0 Å². The van der Waals surface area contributed by atoms with Gasteiger partial charge in [-0.1, -0.05) is 29.8 Å². The van der Waals surface area contributed by atoms with Gasteiger partial charge in [-0.2, -0.15) is 0 Å². The summed E-state index contributed by atoms with van der Waals surface area (Å²) < 4.78 is 33.3. The van der Waals surface area contributed by atoms with Crippen LogP contribution in [0.5, 0.6) is 5.75 Å². The van der Waals surface area contributed by atoms with E-state index in [4.69, 9.17) is 4.74 Å². The Kier molecular flexibility index (Phi) is 4.53. The molecule has 3 rings (SSSR count). The lowest BCUT2D eigenvalue weighted by atomic mass is 10.2. The third-order valence-corrected chi connectivity index (χ3v) is 5.76. The SMILES string of the molecule is Cc1ccc(S(=O)(=O)NCC2Oc3ccccc3N(C)C2=O)c(C)c1. The zero-order chi connectivity index (χ0) is 18.2. The first kappa shape index (κ1) is 17.4. The van der Waals surface area contributed by atoms with Gasteiger partial charge in [0.2, 0.25) is 10.0 Å². The molecule has 1 N–H and O–H groups in total. The van der Waals surface area contributed by atoms with E-state index in [1.807, 2.05) is 13.0 Å². The number of anilines is 1. The summed E-state index contributed by atoms with van der Waals surface area (Å²) in [5.41, 5.74) is 2.31. The monoisotopic (exact) mass is 360 g/mol. The van der Waals surface area contributed by atoms with Gasteiger partial charge in [-0.3, -0.25) is 4.79 Å². The number of carbonyl (C=O) groups excluding carboxylic acids is 1. The van der Waals surface area contributed by atoms with Crippen LogP contribution < -0.4 is 14.4 Å². The van der Waals surface area contributed by atoms with Crippen molar-refractivity contribution in [1.82, 2.24) is 4.72 Å². The lowest BCUT2D eigenvalue weighted by molar-refractivity contribution is -0.125. The summed E-state index contributed by atoms with van der Waals surface area (Å²) in [5, 5.41) is 0. The second kappa shape index (κ2) is 6.50. The van der Waals surface area contributed by atoms with E-state index in [-0.39, 0.29) is 17.3 Å². The van der Waals surface area contributed by atoms with Crippen LogP contribution in [-0.2, 0) is 14.8 Å². The molecule has 1 atom stereocenters. The van der Waals surface area contributed by atoms with Crippen molar-refractivity contribution in [2.75, 3.05) is 18.5 Å². The Morgan fingerprint density at radius 1 is 1.16 bits per heavy atom. The number of nitrogens with zero attached hydrogens (tertiary/aromatic N) is 1. The number of sulfonamides is 1. The van der Waals surface area contributed by atoms with Crippen molar-refractivity contribution in [1.29, 1.82) is 0 Å². The van der Waals surface area contributed by atoms with E-state index in [1.54, 1.807) is 50.4 Å². The van der Waals surface area contributed by atoms with E-state index in [9.17, 15) is 13.2 Å². The molecule has 7 heteroatoms. The number of aryl methyl sites for hydroxylation is 2. The molecule has 0 fully saturated rings. The van der Waals surface area contributed by atoms with E-state index in [2.05, 4.69) is 4.72 Å². The molecule has 0 saturated heterocycles. The van der Waals surface area contributed by atoms with E-state index in [1.165, 1.54) is 4.90 Å². The van der Waals surface area contributed by atoms with E-state index >= 15 is 0 Å². The third kappa shape index (κ3) is 3.38. The lowest BCUT2D eigenvalue weighted by Gasteiger charge is -2.31. The molecule has 2 aromatic carbocycles. The molecule has 132 valence electrons. The van der Waals surface area contributed by atoms with Crippen LogP contribution >= 0.6 is 0 Å². The number of para-hydroxylation sites is 2. The Bertz CT molecular complexity index is 924.